The van der Waals surface area contributed by atoms with E-state index >= 15 is 0 Å². The maximum atomic E-state index is 12.6. The van der Waals surface area contributed by atoms with Crippen molar-refractivity contribution in [3.8, 4) is 5.75 Å². The first-order chi connectivity index (χ1) is 8.87. The highest BCUT2D eigenvalue weighted by Crippen LogP contribution is 2.27. The summed E-state index contributed by atoms with van der Waals surface area (Å²) in [6.45, 7) is 5.22. The molecule has 2 aromatic rings. The molecule has 0 bridgehead atoms. The molecule has 0 saturated carbocycles. The van der Waals surface area contributed by atoms with Crippen LogP contribution in [0.3, 0.4) is 0 Å². The molecule has 5 nitrogen and oxygen atoms in total. The van der Waals surface area contributed by atoms with E-state index in [2.05, 4.69) is 4.98 Å². The lowest BCUT2D eigenvalue weighted by Gasteiger charge is -2.13. The number of methoxy groups -OCH3 is 1. The molecule has 0 saturated heterocycles. The second-order valence-electron chi connectivity index (χ2n) is 4.36. The highest BCUT2D eigenvalue weighted by Gasteiger charge is 2.22. The van der Waals surface area contributed by atoms with Crippen LogP contribution in [-0.4, -0.2) is 24.5 Å². The van der Waals surface area contributed by atoms with Crippen molar-refractivity contribution in [3.63, 3.8) is 0 Å². The van der Waals surface area contributed by atoms with Crippen LogP contribution in [0.25, 0.3) is 0 Å². The molecule has 19 heavy (non-hydrogen) atoms. The molecule has 1 heterocycles. The molecule has 0 fully saturated rings. The van der Waals surface area contributed by atoms with Gasteiger partial charge in [-0.25, -0.2) is 17.4 Å². The number of nitrogens with zero attached hydrogens (tertiary/aromatic N) is 2. The fraction of sp³-hybridized carbons (Fsp3) is 0.308. The SMILES string of the molecule is COc1cc(C)c(S(=O)(=O)n2ccnc2C)cc1C. The van der Waals surface area contributed by atoms with Gasteiger partial charge in [0.15, 0.2) is 0 Å². The Kier molecular flexibility index (Phi) is 3.36. The van der Waals surface area contributed by atoms with Crippen molar-refractivity contribution in [2.24, 2.45) is 0 Å². The lowest BCUT2D eigenvalue weighted by Crippen LogP contribution is -2.15. The molecule has 0 N–H and O–H groups in total. The van der Waals surface area contributed by atoms with Crippen LogP contribution in [0.2, 0.25) is 0 Å². The number of aryl methyl sites for hydroxylation is 3. The largest absolute Gasteiger partial charge is 0.496 e. The number of hydrogen-bond acceptors (Lipinski definition) is 4. The third kappa shape index (κ3) is 2.23. The van der Waals surface area contributed by atoms with Crippen LogP contribution in [0.5, 0.6) is 5.75 Å². The third-order valence-electron chi connectivity index (χ3n) is 3.01. The van der Waals surface area contributed by atoms with E-state index in [4.69, 9.17) is 4.74 Å². The molecular formula is C13H16N2O3S. The number of imidazole rings is 1. The Balaban J connectivity index is 2.66. The minimum atomic E-state index is -3.61. The summed E-state index contributed by atoms with van der Waals surface area (Å²) < 4.78 is 31.5. The molecule has 1 aromatic carbocycles. The van der Waals surface area contributed by atoms with Gasteiger partial charge in [-0.3, -0.25) is 0 Å². The van der Waals surface area contributed by atoms with Gasteiger partial charge in [0.1, 0.15) is 11.6 Å². The van der Waals surface area contributed by atoms with Crippen LogP contribution in [0.1, 0.15) is 17.0 Å². The number of benzene rings is 1. The Morgan fingerprint density at radius 1 is 1.16 bits per heavy atom. The average Bonchev–Trinajstić information content (AvgIpc) is 2.78. The third-order valence-corrected chi connectivity index (χ3v) is 4.91. The van der Waals surface area contributed by atoms with Crippen molar-refractivity contribution < 1.29 is 13.2 Å². The minimum absolute atomic E-state index is 0.270. The molecule has 2 rings (SSSR count). The molecule has 0 aliphatic rings. The fourth-order valence-electron chi connectivity index (χ4n) is 1.99. The van der Waals surface area contributed by atoms with Crippen LogP contribution in [-0.2, 0) is 10.0 Å². The zero-order chi connectivity index (χ0) is 14.2. The molecule has 0 unspecified atom stereocenters. The smallest absolute Gasteiger partial charge is 0.269 e. The molecule has 0 aliphatic heterocycles. The number of rotatable bonds is 3. The number of ether oxygens (including phenoxy) is 1. The first kappa shape index (κ1) is 13.6. The molecule has 102 valence electrons. The maximum absolute atomic E-state index is 12.6. The van der Waals surface area contributed by atoms with Crippen molar-refractivity contribution in [3.05, 3.63) is 41.5 Å². The summed E-state index contributed by atoms with van der Waals surface area (Å²) in [7, 11) is -2.04. The summed E-state index contributed by atoms with van der Waals surface area (Å²) in [5.41, 5.74) is 1.43. The Labute approximate surface area is 112 Å². The van der Waals surface area contributed by atoms with Crippen LogP contribution in [0, 0.1) is 20.8 Å². The summed E-state index contributed by atoms with van der Waals surface area (Å²) in [5.74, 6) is 1.12. The molecule has 0 atom stereocenters. The summed E-state index contributed by atoms with van der Waals surface area (Å²) in [6, 6.07) is 3.36. The molecule has 0 amide bonds. The van der Waals surface area contributed by atoms with Gasteiger partial charge in [0.05, 0.1) is 12.0 Å². The van der Waals surface area contributed by atoms with Crippen molar-refractivity contribution in [2.75, 3.05) is 7.11 Å². The van der Waals surface area contributed by atoms with Gasteiger partial charge in [0, 0.05) is 12.4 Å². The van der Waals surface area contributed by atoms with Gasteiger partial charge in [-0.15, -0.1) is 0 Å². The zero-order valence-corrected chi connectivity index (χ0v) is 12.2. The maximum Gasteiger partial charge on any atom is 0.269 e. The van der Waals surface area contributed by atoms with E-state index in [1.807, 2.05) is 6.92 Å². The van der Waals surface area contributed by atoms with Gasteiger partial charge in [0.25, 0.3) is 10.0 Å². The Bertz CT molecular complexity index is 717. The predicted octanol–water partition coefficient (Wildman–Crippen LogP) is 2.05. The van der Waals surface area contributed by atoms with E-state index < -0.39 is 10.0 Å². The summed E-state index contributed by atoms with van der Waals surface area (Å²) in [6.07, 6.45) is 2.92. The Morgan fingerprint density at radius 3 is 2.37 bits per heavy atom. The number of hydrogen-bond donors (Lipinski definition) is 0. The zero-order valence-electron chi connectivity index (χ0n) is 11.3. The molecule has 1 aromatic heterocycles. The van der Waals surface area contributed by atoms with Crippen LogP contribution >= 0.6 is 0 Å². The van der Waals surface area contributed by atoms with Gasteiger partial charge in [-0.1, -0.05) is 0 Å². The molecular weight excluding hydrogens is 264 g/mol. The van der Waals surface area contributed by atoms with Gasteiger partial charge < -0.3 is 4.74 Å². The van der Waals surface area contributed by atoms with E-state index in [1.165, 1.54) is 16.4 Å². The normalized spacial score (nSPS) is 11.6. The molecule has 6 heteroatoms. The van der Waals surface area contributed by atoms with E-state index in [9.17, 15) is 8.42 Å². The summed E-state index contributed by atoms with van der Waals surface area (Å²) in [5, 5.41) is 0. The minimum Gasteiger partial charge on any atom is -0.496 e. The lowest BCUT2D eigenvalue weighted by molar-refractivity contribution is 0.411. The first-order valence-corrected chi connectivity index (χ1v) is 7.22. The molecule has 0 spiro atoms. The number of aromatic nitrogens is 2. The van der Waals surface area contributed by atoms with Crippen LogP contribution in [0.4, 0.5) is 0 Å². The van der Waals surface area contributed by atoms with Crippen molar-refractivity contribution in [1.29, 1.82) is 0 Å². The van der Waals surface area contributed by atoms with Gasteiger partial charge >= 0.3 is 0 Å². The second kappa shape index (κ2) is 4.70. The average molecular weight is 280 g/mol. The van der Waals surface area contributed by atoms with E-state index in [0.29, 0.717) is 17.1 Å². The molecule has 0 radical (unpaired) electrons. The Hall–Kier alpha value is -1.82. The summed E-state index contributed by atoms with van der Waals surface area (Å²) >= 11 is 0. The van der Waals surface area contributed by atoms with E-state index in [-0.39, 0.29) is 4.90 Å². The van der Waals surface area contributed by atoms with Gasteiger partial charge in [-0.05, 0) is 44.0 Å². The first-order valence-electron chi connectivity index (χ1n) is 5.78. The standard InChI is InChI=1S/C13H16N2O3S/c1-9-8-13(10(2)7-12(9)18-4)19(16,17)15-6-5-14-11(15)3/h5-8H,1-4H3. The van der Waals surface area contributed by atoms with Crippen LogP contribution in [0.15, 0.2) is 29.4 Å². The second-order valence-corrected chi connectivity index (χ2v) is 6.15. The van der Waals surface area contributed by atoms with E-state index in [0.717, 1.165) is 5.56 Å². The van der Waals surface area contributed by atoms with Gasteiger partial charge in [0.2, 0.25) is 0 Å². The van der Waals surface area contributed by atoms with Crippen LogP contribution < -0.4 is 4.74 Å². The lowest BCUT2D eigenvalue weighted by atomic mass is 10.1. The monoisotopic (exact) mass is 280 g/mol. The predicted molar refractivity (Wildman–Crippen MR) is 72.0 cm³/mol. The fourth-order valence-corrected chi connectivity index (χ4v) is 3.60. The van der Waals surface area contributed by atoms with Crippen molar-refractivity contribution in [2.45, 2.75) is 25.7 Å². The summed E-state index contributed by atoms with van der Waals surface area (Å²) in [4.78, 5) is 4.22. The Morgan fingerprint density at radius 2 is 1.84 bits per heavy atom. The van der Waals surface area contributed by atoms with Crippen molar-refractivity contribution in [1.82, 2.24) is 8.96 Å². The van der Waals surface area contributed by atoms with E-state index in [1.54, 1.807) is 33.1 Å². The topological polar surface area (TPSA) is 61.2 Å². The highest BCUT2D eigenvalue weighted by atomic mass is 32.2. The van der Waals surface area contributed by atoms with Gasteiger partial charge in [-0.2, -0.15) is 0 Å². The highest BCUT2D eigenvalue weighted by molar-refractivity contribution is 7.90. The van der Waals surface area contributed by atoms with Crippen molar-refractivity contribution >= 4 is 10.0 Å². The molecule has 0 aliphatic carbocycles. The quantitative estimate of drug-likeness (QED) is 0.863.